The second-order valence-electron chi connectivity index (χ2n) is 5.47. The molecule has 1 amide bonds. The lowest BCUT2D eigenvalue weighted by molar-refractivity contribution is -0.130. The average Bonchev–Trinajstić information content (AvgIpc) is 2.66. The Morgan fingerprint density at radius 1 is 1.22 bits per heavy atom. The van der Waals surface area contributed by atoms with Crippen LogP contribution in [0.15, 0.2) is 30.3 Å². The summed E-state index contributed by atoms with van der Waals surface area (Å²) in [6, 6.07) is 10.5. The molecule has 2 heterocycles. The van der Waals surface area contributed by atoms with Crippen molar-refractivity contribution in [3.05, 3.63) is 35.9 Å². The predicted octanol–water partition coefficient (Wildman–Crippen LogP) is 1.75. The van der Waals surface area contributed by atoms with Crippen LogP contribution in [0.25, 0.3) is 0 Å². The van der Waals surface area contributed by atoms with Crippen molar-refractivity contribution < 1.29 is 4.79 Å². The minimum atomic E-state index is 0.0453. The second-order valence-corrected chi connectivity index (χ2v) is 5.47. The van der Waals surface area contributed by atoms with E-state index in [2.05, 4.69) is 29.6 Å². The van der Waals surface area contributed by atoms with Crippen LogP contribution in [0.3, 0.4) is 0 Å². The first kappa shape index (κ1) is 11.7. The first-order valence-electron chi connectivity index (χ1n) is 6.76. The number of hydrogen-bond donors (Lipinski definition) is 1. The van der Waals surface area contributed by atoms with Gasteiger partial charge in [0.2, 0.25) is 5.91 Å². The van der Waals surface area contributed by atoms with Gasteiger partial charge in [-0.25, -0.2) is 0 Å². The SMILES string of the molecule is CN1C(=O)CC(c2ccccc2)C12CCNCC2. The maximum atomic E-state index is 12.1. The highest BCUT2D eigenvalue weighted by Crippen LogP contribution is 2.46. The van der Waals surface area contributed by atoms with E-state index in [9.17, 15) is 4.79 Å². The molecule has 1 atom stereocenters. The molecule has 18 heavy (non-hydrogen) atoms. The monoisotopic (exact) mass is 244 g/mol. The predicted molar refractivity (Wildman–Crippen MR) is 71.4 cm³/mol. The van der Waals surface area contributed by atoms with E-state index in [-0.39, 0.29) is 5.54 Å². The summed E-state index contributed by atoms with van der Waals surface area (Å²) < 4.78 is 0. The van der Waals surface area contributed by atoms with E-state index >= 15 is 0 Å². The van der Waals surface area contributed by atoms with Crippen LogP contribution in [-0.4, -0.2) is 36.5 Å². The Kier molecular flexibility index (Phi) is 2.86. The molecule has 1 aromatic rings. The molecule has 1 spiro atoms. The van der Waals surface area contributed by atoms with Crippen LogP contribution >= 0.6 is 0 Å². The summed E-state index contributed by atoms with van der Waals surface area (Å²) in [4.78, 5) is 14.2. The third-order valence-electron chi connectivity index (χ3n) is 4.74. The highest BCUT2D eigenvalue weighted by Gasteiger charge is 2.51. The van der Waals surface area contributed by atoms with E-state index < -0.39 is 0 Å². The zero-order chi connectivity index (χ0) is 12.6. The van der Waals surface area contributed by atoms with E-state index in [1.807, 2.05) is 18.0 Å². The molecular formula is C15H20N2O. The van der Waals surface area contributed by atoms with Gasteiger partial charge >= 0.3 is 0 Å². The molecule has 1 aromatic carbocycles. The van der Waals surface area contributed by atoms with Gasteiger partial charge in [0.05, 0.1) is 5.54 Å². The second kappa shape index (κ2) is 4.39. The van der Waals surface area contributed by atoms with Crippen molar-refractivity contribution in [1.29, 1.82) is 0 Å². The first-order chi connectivity index (χ1) is 8.74. The largest absolute Gasteiger partial charge is 0.339 e. The van der Waals surface area contributed by atoms with E-state index in [4.69, 9.17) is 0 Å². The van der Waals surface area contributed by atoms with E-state index in [0.717, 1.165) is 25.9 Å². The summed E-state index contributed by atoms with van der Waals surface area (Å²) in [7, 11) is 1.98. The fourth-order valence-electron chi connectivity index (χ4n) is 3.64. The lowest BCUT2D eigenvalue weighted by Gasteiger charge is -2.44. The summed E-state index contributed by atoms with van der Waals surface area (Å²) in [5, 5.41) is 3.41. The molecule has 2 saturated heterocycles. The van der Waals surface area contributed by atoms with Gasteiger partial charge < -0.3 is 10.2 Å². The van der Waals surface area contributed by atoms with Crippen molar-refractivity contribution in [1.82, 2.24) is 10.2 Å². The molecule has 2 aliphatic rings. The molecule has 2 fully saturated rings. The highest BCUT2D eigenvalue weighted by molar-refractivity contribution is 5.81. The van der Waals surface area contributed by atoms with Crippen LogP contribution in [0.1, 0.15) is 30.7 Å². The van der Waals surface area contributed by atoms with Gasteiger partial charge in [0, 0.05) is 19.4 Å². The summed E-state index contributed by atoms with van der Waals surface area (Å²) in [6.45, 7) is 2.03. The molecule has 96 valence electrons. The van der Waals surface area contributed by atoms with Crippen molar-refractivity contribution in [2.24, 2.45) is 0 Å². The number of hydrogen-bond acceptors (Lipinski definition) is 2. The number of nitrogens with zero attached hydrogens (tertiary/aromatic N) is 1. The van der Waals surface area contributed by atoms with Crippen LogP contribution in [0, 0.1) is 0 Å². The average molecular weight is 244 g/mol. The van der Waals surface area contributed by atoms with Gasteiger partial charge in [-0.3, -0.25) is 4.79 Å². The van der Waals surface area contributed by atoms with E-state index in [1.54, 1.807) is 0 Å². The fourth-order valence-corrected chi connectivity index (χ4v) is 3.64. The molecular weight excluding hydrogens is 224 g/mol. The number of rotatable bonds is 1. The molecule has 3 rings (SSSR count). The number of benzene rings is 1. The third kappa shape index (κ3) is 1.65. The Bertz CT molecular complexity index is 437. The van der Waals surface area contributed by atoms with E-state index in [0.29, 0.717) is 18.2 Å². The van der Waals surface area contributed by atoms with Gasteiger partial charge in [-0.2, -0.15) is 0 Å². The van der Waals surface area contributed by atoms with Gasteiger partial charge in [0.15, 0.2) is 0 Å². The number of carbonyl (C=O) groups excluding carboxylic acids is 1. The maximum absolute atomic E-state index is 12.1. The third-order valence-corrected chi connectivity index (χ3v) is 4.74. The molecule has 2 aliphatic heterocycles. The van der Waals surface area contributed by atoms with Crippen molar-refractivity contribution in [2.45, 2.75) is 30.7 Å². The Balaban J connectivity index is 1.99. The standard InChI is InChI=1S/C15H20N2O/c1-17-14(18)11-13(12-5-3-2-4-6-12)15(17)7-9-16-10-8-15/h2-6,13,16H,7-11H2,1H3. The lowest BCUT2D eigenvalue weighted by Crippen LogP contribution is -2.53. The molecule has 1 unspecified atom stereocenters. The van der Waals surface area contributed by atoms with E-state index in [1.165, 1.54) is 5.56 Å². The molecule has 3 heteroatoms. The summed E-state index contributed by atoms with van der Waals surface area (Å²) in [5.74, 6) is 0.657. The van der Waals surface area contributed by atoms with Gasteiger partial charge in [-0.1, -0.05) is 30.3 Å². The highest BCUT2D eigenvalue weighted by atomic mass is 16.2. The minimum absolute atomic E-state index is 0.0453. The number of amides is 1. The van der Waals surface area contributed by atoms with Gasteiger partial charge in [0.1, 0.15) is 0 Å². The normalized spacial score (nSPS) is 26.8. The quantitative estimate of drug-likeness (QED) is 0.816. The zero-order valence-electron chi connectivity index (χ0n) is 10.9. The number of piperidine rings is 1. The Labute approximate surface area is 108 Å². The molecule has 0 aromatic heterocycles. The fraction of sp³-hybridized carbons (Fsp3) is 0.533. The Morgan fingerprint density at radius 2 is 1.89 bits per heavy atom. The van der Waals surface area contributed by atoms with Crippen LogP contribution in [-0.2, 0) is 4.79 Å². The summed E-state index contributed by atoms with van der Waals surface area (Å²) in [5.41, 5.74) is 1.36. The molecule has 0 radical (unpaired) electrons. The maximum Gasteiger partial charge on any atom is 0.223 e. The number of nitrogens with one attached hydrogen (secondary N) is 1. The van der Waals surface area contributed by atoms with Crippen molar-refractivity contribution in [3.63, 3.8) is 0 Å². The number of likely N-dealkylation sites (N-methyl/N-ethyl adjacent to an activating group) is 1. The molecule has 0 saturated carbocycles. The summed E-state index contributed by atoms with van der Waals surface area (Å²) in [6.07, 6.45) is 2.80. The van der Waals surface area contributed by atoms with Crippen molar-refractivity contribution in [3.8, 4) is 0 Å². The van der Waals surface area contributed by atoms with Gasteiger partial charge in [0.25, 0.3) is 0 Å². The Morgan fingerprint density at radius 3 is 2.56 bits per heavy atom. The number of carbonyl (C=O) groups is 1. The molecule has 0 bridgehead atoms. The zero-order valence-corrected chi connectivity index (χ0v) is 10.9. The smallest absolute Gasteiger partial charge is 0.223 e. The van der Waals surface area contributed by atoms with Crippen LogP contribution in [0.2, 0.25) is 0 Å². The minimum Gasteiger partial charge on any atom is -0.339 e. The van der Waals surface area contributed by atoms with Crippen molar-refractivity contribution in [2.75, 3.05) is 20.1 Å². The molecule has 3 nitrogen and oxygen atoms in total. The Hall–Kier alpha value is -1.35. The molecule has 0 aliphatic carbocycles. The lowest BCUT2D eigenvalue weighted by atomic mass is 9.74. The van der Waals surface area contributed by atoms with Crippen LogP contribution in [0.4, 0.5) is 0 Å². The summed E-state index contributed by atoms with van der Waals surface area (Å²) >= 11 is 0. The van der Waals surface area contributed by atoms with Crippen molar-refractivity contribution >= 4 is 5.91 Å². The number of likely N-dealkylation sites (tertiary alicyclic amines) is 1. The van der Waals surface area contributed by atoms with Gasteiger partial charge in [-0.15, -0.1) is 0 Å². The van der Waals surface area contributed by atoms with Crippen LogP contribution in [0.5, 0.6) is 0 Å². The van der Waals surface area contributed by atoms with Gasteiger partial charge in [-0.05, 0) is 31.5 Å². The van der Waals surface area contributed by atoms with Crippen LogP contribution < -0.4 is 5.32 Å². The first-order valence-corrected chi connectivity index (χ1v) is 6.76. The topological polar surface area (TPSA) is 32.3 Å². The molecule has 1 N–H and O–H groups in total.